The van der Waals surface area contributed by atoms with Crippen molar-refractivity contribution in [1.29, 1.82) is 0 Å². The number of ketones is 1. The maximum atomic E-state index is 12.4. The number of nitrogen functional groups attached to an aromatic ring is 1. The summed E-state index contributed by atoms with van der Waals surface area (Å²) in [6.07, 6.45) is 0. The zero-order valence-electron chi connectivity index (χ0n) is 12.5. The fourth-order valence-electron chi connectivity index (χ4n) is 2.38. The second kappa shape index (κ2) is 5.82. The van der Waals surface area contributed by atoms with Crippen LogP contribution in [-0.2, 0) is 18.8 Å². The van der Waals surface area contributed by atoms with E-state index in [0.717, 1.165) is 9.13 Å². The van der Waals surface area contributed by atoms with Gasteiger partial charge in [0.05, 0.1) is 19.8 Å². The SMILES string of the molecule is C[C@H]1COCCN1CC(=O)c1c(N)n(C)c(=O)n(C)c1=O. The minimum atomic E-state index is -0.651. The lowest BCUT2D eigenvalue weighted by Crippen LogP contribution is -2.48. The molecule has 0 aliphatic carbocycles. The Morgan fingerprint density at radius 1 is 1.33 bits per heavy atom. The Morgan fingerprint density at radius 3 is 2.62 bits per heavy atom. The highest BCUT2D eigenvalue weighted by molar-refractivity contribution is 6.01. The number of hydrogen-bond acceptors (Lipinski definition) is 6. The molecule has 1 aliphatic heterocycles. The summed E-state index contributed by atoms with van der Waals surface area (Å²) in [6.45, 7) is 3.77. The summed E-state index contributed by atoms with van der Waals surface area (Å²) in [5, 5.41) is 0. The molecule has 0 unspecified atom stereocenters. The number of hydrogen-bond donors (Lipinski definition) is 1. The van der Waals surface area contributed by atoms with Crippen LogP contribution in [0.4, 0.5) is 5.82 Å². The van der Waals surface area contributed by atoms with Crippen molar-refractivity contribution in [2.75, 3.05) is 32.0 Å². The molecule has 1 fully saturated rings. The van der Waals surface area contributed by atoms with Crippen molar-refractivity contribution in [2.24, 2.45) is 14.1 Å². The molecule has 1 aromatic rings. The van der Waals surface area contributed by atoms with Gasteiger partial charge >= 0.3 is 5.69 Å². The monoisotopic (exact) mass is 296 g/mol. The second-order valence-corrected chi connectivity index (χ2v) is 5.28. The van der Waals surface area contributed by atoms with Crippen LogP contribution in [0.5, 0.6) is 0 Å². The van der Waals surface area contributed by atoms with E-state index in [2.05, 4.69) is 0 Å². The fourth-order valence-corrected chi connectivity index (χ4v) is 2.38. The highest BCUT2D eigenvalue weighted by atomic mass is 16.5. The van der Waals surface area contributed by atoms with Crippen molar-refractivity contribution >= 4 is 11.6 Å². The lowest BCUT2D eigenvalue weighted by Gasteiger charge is -2.32. The Kier molecular flexibility index (Phi) is 4.29. The molecule has 0 bridgehead atoms. The van der Waals surface area contributed by atoms with Crippen molar-refractivity contribution in [1.82, 2.24) is 14.0 Å². The average molecular weight is 296 g/mol. The molecule has 1 aliphatic rings. The number of aromatic nitrogens is 2. The number of morpholine rings is 1. The van der Waals surface area contributed by atoms with Crippen LogP contribution in [-0.4, -0.2) is 52.2 Å². The Hall–Kier alpha value is -1.93. The van der Waals surface area contributed by atoms with Gasteiger partial charge in [0.15, 0.2) is 5.78 Å². The topological polar surface area (TPSA) is 99.6 Å². The number of Topliss-reactive ketones (excluding diaryl/α,β-unsaturated/α-hetero) is 1. The number of anilines is 1. The molecule has 116 valence electrons. The number of nitrogens with two attached hydrogens (primary N) is 1. The van der Waals surface area contributed by atoms with Crippen molar-refractivity contribution in [2.45, 2.75) is 13.0 Å². The van der Waals surface area contributed by atoms with E-state index < -0.39 is 11.2 Å². The Bertz CT molecular complexity index is 676. The molecule has 0 spiro atoms. The number of nitrogens with zero attached hydrogens (tertiary/aromatic N) is 3. The predicted octanol–water partition coefficient (Wildman–Crippen LogP) is -1.43. The quantitative estimate of drug-likeness (QED) is 0.687. The smallest absolute Gasteiger partial charge is 0.332 e. The summed E-state index contributed by atoms with van der Waals surface area (Å²) in [5.41, 5.74) is 4.45. The number of carbonyl (C=O) groups is 1. The van der Waals surface area contributed by atoms with E-state index >= 15 is 0 Å². The van der Waals surface area contributed by atoms with Gasteiger partial charge in [-0.25, -0.2) is 4.79 Å². The summed E-state index contributed by atoms with van der Waals surface area (Å²) in [6, 6.07) is 0.0975. The minimum absolute atomic E-state index is 0.0855. The molecule has 2 N–H and O–H groups in total. The first-order valence-corrected chi connectivity index (χ1v) is 6.75. The third-order valence-corrected chi connectivity index (χ3v) is 3.84. The molecule has 21 heavy (non-hydrogen) atoms. The zero-order chi connectivity index (χ0) is 15.7. The predicted molar refractivity (Wildman–Crippen MR) is 77.5 cm³/mol. The first kappa shape index (κ1) is 15.5. The van der Waals surface area contributed by atoms with Gasteiger partial charge in [0.25, 0.3) is 5.56 Å². The van der Waals surface area contributed by atoms with Gasteiger partial charge in [-0.05, 0) is 6.92 Å². The van der Waals surface area contributed by atoms with Crippen molar-refractivity contribution in [3.8, 4) is 0 Å². The van der Waals surface area contributed by atoms with E-state index in [0.29, 0.717) is 19.8 Å². The van der Waals surface area contributed by atoms with Gasteiger partial charge in [-0.15, -0.1) is 0 Å². The maximum absolute atomic E-state index is 12.4. The highest BCUT2D eigenvalue weighted by Gasteiger charge is 2.25. The Balaban J connectivity index is 2.36. The number of carbonyl (C=O) groups excluding carboxylic acids is 1. The molecule has 8 nitrogen and oxygen atoms in total. The van der Waals surface area contributed by atoms with Crippen molar-refractivity contribution < 1.29 is 9.53 Å². The Labute approximate surface area is 121 Å². The van der Waals surface area contributed by atoms with E-state index in [4.69, 9.17) is 10.5 Å². The zero-order valence-corrected chi connectivity index (χ0v) is 12.5. The molecule has 1 aromatic heterocycles. The van der Waals surface area contributed by atoms with E-state index in [1.165, 1.54) is 14.1 Å². The van der Waals surface area contributed by atoms with Crippen LogP contribution < -0.4 is 17.0 Å². The molecule has 1 atom stereocenters. The minimum Gasteiger partial charge on any atom is -0.384 e. The summed E-state index contributed by atoms with van der Waals surface area (Å²) in [5.74, 6) is -0.466. The van der Waals surface area contributed by atoms with Gasteiger partial charge in [0.2, 0.25) is 0 Å². The molecular formula is C13H20N4O4. The van der Waals surface area contributed by atoms with Gasteiger partial charge in [-0.1, -0.05) is 0 Å². The lowest BCUT2D eigenvalue weighted by atomic mass is 10.1. The standard InChI is InChI=1S/C13H20N4O4/c1-8-7-21-5-4-17(8)6-9(18)10-11(14)15(2)13(20)16(3)12(10)19/h8H,4-7,14H2,1-3H3/t8-/m0/s1. The van der Waals surface area contributed by atoms with E-state index in [9.17, 15) is 14.4 Å². The average Bonchev–Trinajstić information content (AvgIpc) is 2.46. The second-order valence-electron chi connectivity index (χ2n) is 5.28. The molecule has 2 heterocycles. The highest BCUT2D eigenvalue weighted by Crippen LogP contribution is 2.10. The van der Waals surface area contributed by atoms with Crippen LogP contribution in [0.1, 0.15) is 17.3 Å². The van der Waals surface area contributed by atoms with Crippen LogP contribution in [0.2, 0.25) is 0 Å². The Morgan fingerprint density at radius 2 is 2.00 bits per heavy atom. The molecule has 1 saturated heterocycles. The molecule has 0 amide bonds. The van der Waals surface area contributed by atoms with Gasteiger partial charge in [0, 0.05) is 26.7 Å². The van der Waals surface area contributed by atoms with Crippen LogP contribution in [0.25, 0.3) is 0 Å². The summed E-state index contributed by atoms with van der Waals surface area (Å²) in [7, 11) is 2.77. The third kappa shape index (κ3) is 2.77. The summed E-state index contributed by atoms with van der Waals surface area (Å²) < 4.78 is 7.32. The van der Waals surface area contributed by atoms with E-state index in [1.54, 1.807) is 0 Å². The van der Waals surface area contributed by atoms with Crippen LogP contribution in [0, 0.1) is 0 Å². The van der Waals surface area contributed by atoms with Crippen LogP contribution in [0.15, 0.2) is 9.59 Å². The van der Waals surface area contributed by atoms with E-state index in [-0.39, 0.29) is 29.8 Å². The first-order valence-electron chi connectivity index (χ1n) is 6.75. The van der Waals surface area contributed by atoms with Gasteiger partial charge in [-0.3, -0.25) is 23.6 Å². The van der Waals surface area contributed by atoms with Gasteiger partial charge in [-0.2, -0.15) is 0 Å². The normalized spacial score (nSPS) is 19.7. The maximum Gasteiger partial charge on any atom is 0.332 e. The fraction of sp³-hybridized carbons (Fsp3) is 0.615. The largest absolute Gasteiger partial charge is 0.384 e. The molecule has 0 radical (unpaired) electrons. The molecule has 2 rings (SSSR count). The molecular weight excluding hydrogens is 276 g/mol. The first-order chi connectivity index (χ1) is 9.84. The number of ether oxygens (including phenoxy) is 1. The molecule has 8 heteroatoms. The van der Waals surface area contributed by atoms with Gasteiger partial charge < -0.3 is 10.5 Å². The van der Waals surface area contributed by atoms with Crippen molar-refractivity contribution in [3.05, 3.63) is 26.4 Å². The lowest BCUT2D eigenvalue weighted by molar-refractivity contribution is 0.00198. The van der Waals surface area contributed by atoms with Gasteiger partial charge in [0.1, 0.15) is 11.4 Å². The number of rotatable bonds is 3. The van der Waals surface area contributed by atoms with E-state index in [1.807, 2.05) is 11.8 Å². The third-order valence-electron chi connectivity index (χ3n) is 3.84. The molecule has 0 aromatic carbocycles. The van der Waals surface area contributed by atoms with Crippen LogP contribution >= 0.6 is 0 Å². The summed E-state index contributed by atoms with van der Waals surface area (Å²) >= 11 is 0. The summed E-state index contributed by atoms with van der Waals surface area (Å²) in [4.78, 5) is 38.2. The molecule has 0 saturated carbocycles. The van der Waals surface area contributed by atoms with Crippen molar-refractivity contribution in [3.63, 3.8) is 0 Å². The van der Waals surface area contributed by atoms with Crippen LogP contribution in [0.3, 0.4) is 0 Å².